The lowest BCUT2D eigenvalue weighted by Crippen LogP contribution is -2.30. The Labute approximate surface area is 121 Å². The second kappa shape index (κ2) is 7.28. The first-order valence-electron chi connectivity index (χ1n) is 6.83. The summed E-state index contributed by atoms with van der Waals surface area (Å²) in [5.74, 6) is -0.0205. The fourth-order valence-corrected chi connectivity index (χ4v) is 3.03. The van der Waals surface area contributed by atoms with Crippen LogP contribution in [0.1, 0.15) is 37.6 Å². The fourth-order valence-electron chi connectivity index (χ4n) is 1.91. The van der Waals surface area contributed by atoms with E-state index < -0.39 is 10.0 Å². The molecule has 0 saturated carbocycles. The third-order valence-electron chi connectivity index (χ3n) is 2.91. The van der Waals surface area contributed by atoms with Crippen LogP contribution in [0.3, 0.4) is 0 Å². The second-order valence-corrected chi connectivity index (χ2v) is 6.32. The Balaban J connectivity index is 2.94. The van der Waals surface area contributed by atoms with E-state index in [4.69, 9.17) is 0 Å². The molecule has 0 heterocycles. The smallest absolute Gasteiger partial charge is 0.253 e. The average molecular weight is 298 g/mol. The highest BCUT2D eigenvalue weighted by atomic mass is 32.2. The van der Waals surface area contributed by atoms with Gasteiger partial charge in [0, 0.05) is 24.3 Å². The molecule has 0 spiro atoms. The number of sulfonamides is 1. The van der Waals surface area contributed by atoms with Crippen molar-refractivity contribution in [2.75, 3.05) is 23.6 Å². The Morgan fingerprint density at radius 1 is 1.20 bits per heavy atom. The van der Waals surface area contributed by atoms with Gasteiger partial charge in [0.2, 0.25) is 10.0 Å². The number of benzene rings is 1. The first-order chi connectivity index (χ1) is 9.43. The SMILES string of the molecule is CCCS(=O)(=O)Nc1cccc(C(=O)N(CC)CC)c1. The van der Waals surface area contributed by atoms with Gasteiger partial charge in [-0.25, -0.2) is 8.42 Å². The molecule has 0 aliphatic rings. The van der Waals surface area contributed by atoms with Crippen molar-refractivity contribution in [2.24, 2.45) is 0 Å². The zero-order valence-electron chi connectivity index (χ0n) is 12.2. The van der Waals surface area contributed by atoms with Crippen molar-refractivity contribution >= 4 is 21.6 Å². The molecule has 112 valence electrons. The zero-order chi connectivity index (χ0) is 15.2. The Morgan fingerprint density at radius 2 is 1.85 bits per heavy atom. The van der Waals surface area contributed by atoms with Gasteiger partial charge in [0.05, 0.1) is 5.75 Å². The van der Waals surface area contributed by atoms with Crippen LogP contribution in [0.4, 0.5) is 5.69 Å². The van der Waals surface area contributed by atoms with Gasteiger partial charge in [0.15, 0.2) is 0 Å². The van der Waals surface area contributed by atoms with Crippen molar-refractivity contribution < 1.29 is 13.2 Å². The molecule has 20 heavy (non-hydrogen) atoms. The minimum absolute atomic E-state index is 0.0707. The molecular weight excluding hydrogens is 276 g/mol. The van der Waals surface area contributed by atoms with Gasteiger partial charge < -0.3 is 4.90 Å². The number of anilines is 1. The van der Waals surface area contributed by atoms with Crippen LogP contribution < -0.4 is 4.72 Å². The van der Waals surface area contributed by atoms with E-state index in [0.717, 1.165) is 0 Å². The summed E-state index contributed by atoms with van der Waals surface area (Å²) in [6.07, 6.45) is 0.549. The molecule has 0 aromatic heterocycles. The summed E-state index contributed by atoms with van der Waals surface area (Å²) in [6, 6.07) is 6.60. The Kier molecular flexibility index (Phi) is 6.01. The molecule has 1 aromatic rings. The highest BCUT2D eigenvalue weighted by Gasteiger charge is 2.14. The Bertz CT molecular complexity index is 551. The summed E-state index contributed by atoms with van der Waals surface area (Å²) < 4.78 is 25.9. The molecule has 0 saturated heterocycles. The molecule has 6 heteroatoms. The van der Waals surface area contributed by atoms with Crippen molar-refractivity contribution in [2.45, 2.75) is 27.2 Å². The number of carbonyl (C=O) groups excluding carboxylic acids is 1. The van der Waals surface area contributed by atoms with E-state index in [0.29, 0.717) is 30.8 Å². The lowest BCUT2D eigenvalue weighted by atomic mass is 10.2. The maximum Gasteiger partial charge on any atom is 0.253 e. The van der Waals surface area contributed by atoms with Crippen LogP contribution in [0, 0.1) is 0 Å². The summed E-state index contributed by atoms with van der Waals surface area (Å²) in [5.41, 5.74) is 0.918. The van der Waals surface area contributed by atoms with E-state index in [1.807, 2.05) is 13.8 Å². The van der Waals surface area contributed by atoms with Crippen LogP contribution in [0.15, 0.2) is 24.3 Å². The molecule has 0 aliphatic carbocycles. The average Bonchev–Trinajstić information content (AvgIpc) is 2.39. The number of nitrogens with one attached hydrogen (secondary N) is 1. The van der Waals surface area contributed by atoms with E-state index in [1.54, 1.807) is 36.1 Å². The number of hydrogen-bond acceptors (Lipinski definition) is 3. The van der Waals surface area contributed by atoms with Gasteiger partial charge in [-0.3, -0.25) is 9.52 Å². The van der Waals surface area contributed by atoms with Crippen LogP contribution in [-0.2, 0) is 10.0 Å². The largest absolute Gasteiger partial charge is 0.339 e. The second-order valence-electron chi connectivity index (χ2n) is 4.48. The van der Waals surface area contributed by atoms with Crippen molar-refractivity contribution in [3.05, 3.63) is 29.8 Å². The maximum atomic E-state index is 12.2. The molecule has 5 nitrogen and oxygen atoms in total. The van der Waals surface area contributed by atoms with Crippen LogP contribution in [0.2, 0.25) is 0 Å². The molecule has 0 atom stereocenters. The molecular formula is C14H22N2O3S. The Hall–Kier alpha value is -1.56. The van der Waals surface area contributed by atoms with Crippen LogP contribution in [0.25, 0.3) is 0 Å². The van der Waals surface area contributed by atoms with Gasteiger partial charge in [-0.1, -0.05) is 13.0 Å². The number of amides is 1. The normalized spacial score (nSPS) is 11.2. The van der Waals surface area contributed by atoms with Gasteiger partial charge in [-0.05, 0) is 38.5 Å². The third-order valence-corrected chi connectivity index (χ3v) is 4.40. The van der Waals surface area contributed by atoms with Gasteiger partial charge in [0.1, 0.15) is 0 Å². The molecule has 1 amide bonds. The predicted octanol–water partition coefficient (Wildman–Crippen LogP) is 2.32. The monoisotopic (exact) mass is 298 g/mol. The lowest BCUT2D eigenvalue weighted by Gasteiger charge is -2.19. The molecule has 0 unspecified atom stereocenters. The maximum absolute atomic E-state index is 12.2. The van der Waals surface area contributed by atoms with Crippen LogP contribution in [0.5, 0.6) is 0 Å². The van der Waals surface area contributed by atoms with Crippen molar-refractivity contribution in [3.8, 4) is 0 Å². The number of carbonyl (C=O) groups is 1. The van der Waals surface area contributed by atoms with E-state index >= 15 is 0 Å². The van der Waals surface area contributed by atoms with Crippen molar-refractivity contribution in [1.82, 2.24) is 4.90 Å². The van der Waals surface area contributed by atoms with Crippen molar-refractivity contribution in [3.63, 3.8) is 0 Å². The standard InChI is InChI=1S/C14H22N2O3S/c1-4-10-20(18,19)15-13-9-7-8-12(11-13)14(17)16(5-2)6-3/h7-9,11,15H,4-6,10H2,1-3H3. The third kappa shape index (κ3) is 4.52. The molecule has 1 N–H and O–H groups in total. The van der Waals surface area contributed by atoms with E-state index in [-0.39, 0.29) is 11.7 Å². The molecule has 1 aromatic carbocycles. The Morgan fingerprint density at radius 3 is 2.40 bits per heavy atom. The van der Waals surface area contributed by atoms with Crippen molar-refractivity contribution in [1.29, 1.82) is 0 Å². The zero-order valence-corrected chi connectivity index (χ0v) is 13.0. The first-order valence-corrected chi connectivity index (χ1v) is 8.48. The molecule has 0 bridgehead atoms. The molecule has 0 fully saturated rings. The van der Waals surface area contributed by atoms with Gasteiger partial charge in [-0.2, -0.15) is 0 Å². The van der Waals surface area contributed by atoms with E-state index in [1.165, 1.54) is 0 Å². The van der Waals surface area contributed by atoms with Crippen LogP contribution >= 0.6 is 0 Å². The minimum Gasteiger partial charge on any atom is -0.339 e. The number of rotatable bonds is 7. The highest BCUT2D eigenvalue weighted by Crippen LogP contribution is 2.14. The first kappa shape index (κ1) is 16.5. The number of hydrogen-bond donors (Lipinski definition) is 1. The molecule has 0 aliphatic heterocycles. The predicted molar refractivity (Wildman–Crippen MR) is 81.4 cm³/mol. The number of nitrogens with zero attached hydrogens (tertiary/aromatic N) is 1. The van der Waals surface area contributed by atoms with E-state index in [9.17, 15) is 13.2 Å². The van der Waals surface area contributed by atoms with E-state index in [2.05, 4.69) is 4.72 Å². The summed E-state index contributed by atoms with van der Waals surface area (Å²) in [6.45, 7) is 6.88. The summed E-state index contributed by atoms with van der Waals surface area (Å²) in [7, 11) is -3.33. The fraction of sp³-hybridized carbons (Fsp3) is 0.500. The molecule has 0 radical (unpaired) electrons. The summed E-state index contributed by atoms with van der Waals surface area (Å²) >= 11 is 0. The van der Waals surface area contributed by atoms with Crippen LogP contribution in [-0.4, -0.2) is 38.1 Å². The van der Waals surface area contributed by atoms with Gasteiger partial charge in [-0.15, -0.1) is 0 Å². The highest BCUT2D eigenvalue weighted by molar-refractivity contribution is 7.92. The quantitative estimate of drug-likeness (QED) is 0.840. The topological polar surface area (TPSA) is 66.5 Å². The summed E-state index contributed by atoms with van der Waals surface area (Å²) in [5, 5.41) is 0. The summed E-state index contributed by atoms with van der Waals surface area (Å²) in [4.78, 5) is 13.9. The minimum atomic E-state index is -3.33. The lowest BCUT2D eigenvalue weighted by molar-refractivity contribution is 0.0773. The van der Waals surface area contributed by atoms with Gasteiger partial charge in [0.25, 0.3) is 5.91 Å². The van der Waals surface area contributed by atoms with Gasteiger partial charge >= 0.3 is 0 Å². The molecule has 1 rings (SSSR count).